The van der Waals surface area contributed by atoms with Gasteiger partial charge >= 0.3 is 12.1 Å². The molecule has 0 aliphatic carbocycles. The number of esters is 1. The van der Waals surface area contributed by atoms with Gasteiger partial charge in [0, 0.05) is 6.54 Å². The summed E-state index contributed by atoms with van der Waals surface area (Å²) in [7, 11) is 1.24. The molecular weight excluding hydrogens is 350 g/mol. The molecule has 0 aliphatic heterocycles. The lowest BCUT2D eigenvalue weighted by molar-refractivity contribution is 0.0171. The first kappa shape index (κ1) is 20.4. The zero-order valence-electron chi connectivity index (χ0n) is 15.2. The zero-order chi connectivity index (χ0) is 19.8. The number of methoxy groups -OCH3 is 1. The highest BCUT2D eigenvalue weighted by Crippen LogP contribution is 2.23. The Labute approximate surface area is 157 Å². The fraction of sp³-hybridized carbons (Fsp3) is 0.300. The summed E-state index contributed by atoms with van der Waals surface area (Å²) in [6, 6.07) is 14.0. The quantitative estimate of drug-likeness (QED) is 0.642. The van der Waals surface area contributed by atoms with Crippen LogP contribution in [0.2, 0.25) is 0 Å². The van der Waals surface area contributed by atoms with Gasteiger partial charge in [0.15, 0.2) is 0 Å². The van der Waals surface area contributed by atoms with Crippen LogP contribution in [0.5, 0.6) is 0 Å². The van der Waals surface area contributed by atoms with Crippen molar-refractivity contribution in [3.63, 3.8) is 0 Å². The van der Waals surface area contributed by atoms with E-state index in [4.69, 9.17) is 9.47 Å². The number of amides is 1. The summed E-state index contributed by atoms with van der Waals surface area (Å²) in [6.07, 6.45) is -3.43. The highest BCUT2D eigenvalue weighted by Gasteiger charge is 2.25. The van der Waals surface area contributed by atoms with Crippen LogP contribution in [0.4, 0.5) is 4.79 Å². The number of carbonyl (C=O) groups excluding carboxylic acids is 2. The lowest BCUT2D eigenvalue weighted by atomic mass is 9.96. The van der Waals surface area contributed by atoms with Gasteiger partial charge in [0.2, 0.25) is 0 Å². The number of hydrogen-bond donors (Lipinski definition) is 3. The van der Waals surface area contributed by atoms with Crippen LogP contribution in [-0.4, -0.2) is 42.0 Å². The van der Waals surface area contributed by atoms with Crippen LogP contribution in [0.25, 0.3) is 0 Å². The van der Waals surface area contributed by atoms with Crippen molar-refractivity contribution >= 4 is 12.1 Å². The summed E-state index contributed by atoms with van der Waals surface area (Å²) in [5.74, 6) is -0.619. The second-order valence-electron chi connectivity index (χ2n) is 6.04. The fourth-order valence-corrected chi connectivity index (χ4v) is 2.50. The Bertz CT molecular complexity index is 777. The van der Waals surface area contributed by atoms with Gasteiger partial charge in [0.1, 0.15) is 18.8 Å². The van der Waals surface area contributed by atoms with Gasteiger partial charge in [-0.25, -0.2) is 9.59 Å². The van der Waals surface area contributed by atoms with Crippen molar-refractivity contribution in [2.24, 2.45) is 0 Å². The molecule has 2 unspecified atom stereocenters. The standard InChI is InChI=1S/C20H23NO6/c1-13-8-9-15(19(24)26-2)16(10-13)18(23)17(22)11-21-20(25)27-12-14-6-4-3-5-7-14/h3-10,17-18,22-23H,11-12H2,1-2H3,(H,21,25). The van der Waals surface area contributed by atoms with Crippen molar-refractivity contribution < 1.29 is 29.3 Å². The zero-order valence-corrected chi connectivity index (χ0v) is 15.2. The smallest absolute Gasteiger partial charge is 0.407 e. The maximum absolute atomic E-state index is 11.9. The Kier molecular flexibility index (Phi) is 7.34. The SMILES string of the molecule is COC(=O)c1ccc(C)cc1C(O)C(O)CNC(=O)OCc1ccccc1. The molecule has 27 heavy (non-hydrogen) atoms. The van der Waals surface area contributed by atoms with Crippen molar-refractivity contribution in [1.82, 2.24) is 5.32 Å². The van der Waals surface area contributed by atoms with E-state index in [0.29, 0.717) is 0 Å². The number of carbonyl (C=O) groups is 2. The molecule has 0 saturated carbocycles. The molecule has 0 bridgehead atoms. The average Bonchev–Trinajstić information content (AvgIpc) is 2.69. The van der Waals surface area contributed by atoms with Crippen molar-refractivity contribution in [3.8, 4) is 0 Å². The molecule has 0 fully saturated rings. The number of alkyl carbamates (subject to hydrolysis) is 1. The Balaban J connectivity index is 1.93. The molecule has 1 amide bonds. The lowest BCUT2D eigenvalue weighted by Gasteiger charge is -2.21. The highest BCUT2D eigenvalue weighted by molar-refractivity contribution is 5.91. The number of aliphatic hydroxyl groups is 2. The summed E-state index contributed by atoms with van der Waals surface area (Å²) < 4.78 is 9.74. The lowest BCUT2D eigenvalue weighted by Crippen LogP contribution is -2.36. The molecule has 2 atom stereocenters. The third-order valence-electron chi connectivity index (χ3n) is 3.96. The van der Waals surface area contributed by atoms with Crippen LogP contribution in [0.1, 0.15) is 33.2 Å². The summed E-state index contributed by atoms with van der Waals surface area (Å²) in [4.78, 5) is 23.6. The summed E-state index contributed by atoms with van der Waals surface area (Å²) in [5, 5.41) is 23.0. The summed E-state index contributed by atoms with van der Waals surface area (Å²) in [6.45, 7) is 1.64. The predicted molar refractivity (Wildman–Crippen MR) is 98.1 cm³/mol. The Hall–Kier alpha value is -2.90. The van der Waals surface area contributed by atoms with E-state index >= 15 is 0 Å². The molecular formula is C20H23NO6. The fourth-order valence-electron chi connectivity index (χ4n) is 2.50. The molecule has 7 heteroatoms. The molecule has 0 aromatic heterocycles. The predicted octanol–water partition coefficient (Wildman–Crippen LogP) is 2.10. The number of nitrogens with one attached hydrogen (secondary N) is 1. The first-order valence-corrected chi connectivity index (χ1v) is 8.42. The first-order valence-electron chi connectivity index (χ1n) is 8.42. The Morgan fingerprint density at radius 1 is 1.11 bits per heavy atom. The topological polar surface area (TPSA) is 105 Å². The van der Waals surface area contributed by atoms with Gasteiger partial charge in [-0.1, -0.05) is 48.0 Å². The molecule has 2 rings (SSSR count). The maximum Gasteiger partial charge on any atom is 0.407 e. The molecule has 0 aliphatic rings. The number of aryl methyl sites for hydroxylation is 1. The monoisotopic (exact) mass is 373 g/mol. The van der Waals surface area contributed by atoms with E-state index in [9.17, 15) is 19.8 Å². The van der Waals surface area contributed by atoms with Gasteiger partial charge in [0.05, 0.1) is 12.7 Å². The average molecular weight is 373 g/mol. The number of rotatable bonds is 7. The van der Waals surface area contributed by atoms with Crippen molar-refractivity contribution in [1.29, 1.82) is 0 Å². The minimum atomic E-state index is -1.38. The van der Waals surface area contributed by atoms with Crippen molar-refractivity contribution in [3.05, 3.63) is 70.8 Å². The second-order valence-corrected chi connectivity index (χ2v) is 6.04. The van der Waals surface area contributed by atoms with Gasteiger partial charge in [-0.3, -0.25) is 0 Å². The van der Waals surface area contributed by atoms with Crippen molar-refractivity contribution in [2.75, 3.05) is 13.7 Å². The normalized spacial score (nSPS) is 12.7. The molecule has 0 radical (unpaired) electrons. The Morgan fingerprint density at radius 3 is 2.48 bits per heavy atom. The number of ether oxygens (including phenoxy) is 2. The minimum absolute atomic E-state index is 0.0929. The molecule has 144 valence electrons. The van der Waals surface area contributed by atoms with E-state index in [0.717, 1.165) is 11.1 Å². The summed E-state index contributed by atoms with van der Waals surface area (Å²) in [5.41, 5.74) is 2.02. The van der Waals surface area contributed by atoms with Crippen LogP contribution in [0.15, 0.2) is 48.5 Å². The van der Waals surface area contributed by atoms with Crippen LogP contribution in [-0.2, 0) is 16.1 Å². The largest absolute Gasteiger partial charge is 0.465 e. The minimum Gasteiger partial charge on any atom is -0.465 e. The Morgan fingerprint density at radius 2 is 1.81 bits per heavy atom. The van der Waals surface area contributed by atoms with E-state index in [1.165, 1.54) is 13.2 Å². The van der Waals surface area contributed by atoms with Gasteiger partial charge in [-0.15, -0.1) is 0 Å². The van der Waals surface area contributed by atoms with Crippen LogP contribution >= 0.6 is 0 Å². The van der Waals surface area contributed by atoms with Gasteiger partial charge < -0.3 is 25.0 Å². The van der Waals surface area contributed by atoms with Gasteiger partial charge in [-0.05, 0) is 24.1 Å². The van der Waals surface area contributed by atoms with Crippen LogP contribution in [0.3, 0.4) is 0 Å². The van der Waals surface area contributed by atoms with E-state index < -0.39 is 24.3 Å². The van der Waals surface area contributed by atoms with Crippen LogP contribution < -0.4 is 5.32 Å². The third-order valence-corrected chi connectivity index (χ3v) is 3.96. The molecule has 0 heterocycles. The molecule has 0 saturated heterocycles. The maximum atomic E-state index is 11.9. The molecule has 0 spiro atoms. The van der Waals surface area contributed by atoms with Gasteiger partial charge in [-0.2, -0.15) is 0 Å². The molecule has 7 nitrogen and oxygen atoms in total. The van der Waals surface area contributed by atoms with Crippen LogP contribution in [0, 0.1) is 6.92 Å². The number of benzene rings is 2. The molecule has 3 N–H and O–H groups in total. The number of aliphatic hydroxyl groups excluding tert-OH is 2. The first-order chi connectivity index (χ1) is 12.9. The van der Waals surface area contributed by atoms with E-state index in [1.807, 2.05) is 30.3 Å². The highest BCUT2D eigenvalue weighted by atomic mass is 16.5. The third kappa shape index (κ3) is 5.80. The van der Waals surface area contributed by atoms with E-state index in [2.05, 4.69) is 5.32 Å². The second kappa shape index (κ2) is 9.70. The van der Waals surface area contributed by atoms with Crippen molar-refractivity contribution in [2.45, 2.75) is 25.7 Å². The molecule has 2 aromatic carbocycles. The number of hydrogen-bond acceptors (Lipinski definition) is 6. The van der Waals surface area contributed by atoms with E-state index in [-0.39, 0.29) is 24.3 Å². The van der Waals surface area contributed by atoms with Gasteiger partial charge in [0.25, 0.3) is 0 Å². The van der Waals surface area contributed by atoms with E-state index in [1.54, 1.807) is 19.1 Å². The molecule has 2 aromatic rings. The summed E-state index contributed by atoms with van der Waals surface area (Å²) >= 11 is 0.